The zero-order chi connectivity index (χ0) is 17.0. The van der Waals surface area contributed by atoms with Crippen LogP contribution < -0.4 is 10.6 Å². The number of aliphatic hydroxyl groups excluding tert-OH is 1. The van der Waals surface area contributed by atoms with Crippen LogP contribution in [-0.2, 0) is 4.79 Å². The standard InChI is InChI=1S/C17H23ClN2O3/c1-10(2)16(22)20-12-6-7-14(18)13(8-12)17(23)19-9-11-4-3-5-15(11)21/h6-8,10-11,15,21H,3-5,9H2,1-2H3,(H,19,23)(H,20,22). The summed E-state index contributed by atoms with van der Waals surface area (Å²) in [5, 5.41) is 15.7. The second-order valence-corrected chi connectivity index (χ2v) is 6.71. The predicted octanol–water partition coefficient (Wildman–Crippen LogP) is 2.83. The Kier molecular flexibility index (Phi) is 6.02. The van der Waals surface area contributed by atoms with Crippen molar-refractivity contribution in [1.82, 2.24) is 5.32 Å². The zero-order valence-corrected chi connectivity index (χ0v) is 14.2. The Bertz CT molecular complexity index is 589. The molecule has 1 aliphatic rings. The Morgan fingerprint density at radius 2 is 2.09 bits per heavy atom. The number of anilines is 1. The number of hydrogen-bond acceptors (Lipinski definition) is 3. The van der Waals surface area contributed by atoms with Gasteiger partial charge >= 0.3 is 0 Å². The molecule has 1 saturated carbocycles. The topological polar surface area (TPSA) is 78.4 Å². The molecule has 6 heteroatoms. The molecule has 0 aromatic heterocycles. The van der Waals surface area contributed by atoms with Gasteiger partial charge in [0.2, 0.25) is 5.91 Å². The van der Waals surface area contributed by atoms with Crippen LogP contribution >= 0.6 is 11.6 Å². The first kappa shape index (κ1) is 17.8. The Balaban J connectivity index is 2.02. The molecule has 1 aromatic rings. The summed E-state index contributed by atoms with van der Waals surface area (Å²) in [5.41, 5.74) is 0.861. The second-order valence-electron chi connectivity index (χ2n) is 6.31. The van der Waals surface area contributed by atoms with E-state index in [-0.39, 0.29) is 29.8 Å². The largest absolute Gasteiger partial charge is 0.393 e. The van der Waals surface area contributed by atoms with Gasteiger partial charge in [0.05, 0.1) is 16.7 Å². The lowest BCUT2D eigenvalue weighted by Crippen LogP contribution is -2.32. The number of rotatable bonds is 5. The molecular weight excluding hydrogens is 316 g/mol. The van der Waals surface area contributed by atoms with Gasteiger partial charge in [-0.05, 0) is 31.0 Å². The molecule has 2 amide bonds. The summed E-state index contributed by atoms with van der Waals surface area (Å²) in [6, 6.07) is 4.83. The summed E-state index contributed by atoms with van der Waals surface area (Å²) in [6.45, 7) is 4.02. The molecule has 2 rings (SSSR count). The lowest BCUT2D eigenvalue weighted by Gasteiger charge is -2.16. The molecule has 0 heterocycles. The van der Waals surface area contributed by atoms with E-state index in [1.807, 2.05) is 0 Å². The van der Waals surface area contributed by atoms with E-state index in [1.165, 1.54) is 0 Å². The minimum Gasteiger partial charge on any atom is -0.393 e. The molecule has 0 spiro atoms. The van der Waals surface area contributed by atoms with E-state index in [4.69, 9.17) is 11.6 Å². The maximum absolute atomic E-state index is 12.3. The van der Waals surface area contributed by atoms with Gasteiger partial charge in [0.1, 0.15) is 0 Å². The van der Waals surface area contributed by atoms with Crippen molar-refractivity contribution < 1.29 is 14.7 Å². The van der Waals surface area contributed by atoms with E-state index in [0.29, 0.717) is 22.8 Å². The number of carbonyl (C=O) groups is 2. The second kappa shape index (κ2) is 7.79. The van der Waals surface area contributed by atoms with E-state index in [9.17, 15) is 14.7 Å². The smallest absolute Gasteiger partial charge is 0.252 e. The van der Waals surface area contributed by atoms with Crippen molar-refractivity contribution in [3.63, 3.8) is 0 Å². The highest BCUT2D eigenvalue weighted by molar-refractivity contribution is 6.34. The van der Waals surface area contributed by atoms with E-state index in [1.54, 1.807) is 32.0 Å². The quantitative estimate of drug-likeness (QED) is 0.772. The Labute approximate surface area is 141 Å². The fraction of sp³-hybridized carbons (Fsp3) is 0.529. The molecule has 23 heavy (non-hydrogen) atoms. The van der Waals surface area contributed by atoms with Crippen LogP contribution in [0.1, 0.15) is 43.5 Å². The third kappa shape index (κ3) is 4.69. The third-order valence-electron chi connectivity index (χ3n) is 4.15. The molecule has 0 radical (unpaired) electrons. The first-order valence-corrected chi connectivity index (χ1v) is 8.33. The molecule has 2 unspecified atom stereocenters. The number of aliphatic hydroxyl groups is 1. The molecule has 0 saturated heterocycles. The molecule has 2 atom stereocenters. The van der Waals surface area contributed by atoms with E-state index in [2.05, 4.69) is 10.6 Å². The van der Waals surface area contributed by atoms with Crippen LogP contribution in [-0.4, -0.2) is 29.6 Å². The van der Waals surface area contributed by atoms with Crippen LogP contribution in [0, 0.1) is 11.8 Å². The summed E-state index contributed by atoms with van der Waals surface area (Å²) in [5.74, 6) is -0.462. The maximum atomic E-state index is 12.3. The zero-order valence-electron chi connectivity index (χ0n) is 13.4. The van der Waals surface area contributed by atoms with Crippen molar-refractivity contribution in [2.45, 2.75) is 39.2 Å². The molecule has 3 N–H and O–H groups in total. The van der Waals surface area contributed by atoms with Crippen LogP contribution in [0.25, 0.3) is 0 Å². The summed E-state index contributed by atoms with van der Waals surface area (Å²) < 4.78 is 0. The van der Waals surface area contributed by atoms with Gasteiger partial charge in [0.25, 0.3) is 5.91 Å². The Hall–Kier alpha value is -1.59. The molecule has 5 nitrogen and oxygen atoms in total. The summed E-state index contributed by atoms with van der Waals surface area (Å²) in [6.07, 6.45) is 2.35. The lowest BCUT2D eigenvalue weighted by atomic mass is 10.1. The monoisotopic (exact) mass is 338 g/mol. The summed E-state index contributed by atoms with van der Waals surface area (Å²) in [4.78, 5) is 24.1. The van der Waals surface area contributed by atoms with Gasteiger partial charge in [-0.3, -0.25) is 9.59 Å². The maximum Gasteiger partial charge on any atom is 0.252 e. The number of halogens is 1. The van der Waals surface area contributed by atoms with Gasteiger partial charge < -0.3 is 15.7 Å². The Morgan fingerprint density at radius 1 is 1.35 bits per heavy atom. The van der Waals surface area contributed by atoms with Crippen LogP contribution in [0.4, 0.5) is 5.69 Å². The lowest BCUT2D eigenvalue weighted by molar-refractivity contribution is -0.118. The molecule has 1 fully saturated rings. The Morgan fingerprint density at radius 3 is 2.70 bits per heavy atom. The van der Waals surface area contributed by atoms with Crippen LogP contribution in [0.5, 0.6) is 0 Å². The van der Waals surface area contributed by atoms with Crippen molar-refractivity contribution in [2.24, 2.45) is 11.8 Å². The van der Waals surface area contributed by atoms with Crippen molar-refractivity contribution in [3.05, 3.63) is 28.8 Å². The average Bonchev–Trinajstić information content (AvgIpc) is 2.91. The highest BCUT2D eigenvalue weighted by atomic mass is 35.5. The SMILES string of the molecule is CC(C)C(=O)Nc1ccc(Cl)c(C(=O)NCC2CCCC2O)c1. The third-order valence-corrected chi connectivity index (χ3v) is 4.48. The van der Waals surface area contributed by atoms with E-state index >= 15 is 0 Å². The number of nitrogens with one attached hydrogen (secondary N) is 2. The number of carbonyl (C=O) groups excluding carboxylic acids is 2. The van der Waals surface area contributed by atoms with Crippen LogP contribution in [0.2, 0.25) is 5.02 Å². The van der Waals surface area contributed by atoms with Crippen molar-refractivity contribution >= 4 is 29.1 Å². The van der Waals surface area contributed by atoms with Crippen LogP contribution in [0.3, 0.4) is 0 Å². The molecule has 1 aromatic carbocycles. The van der Waals surface area contributed by atoms with Gasteiger partial charge in [0, 0.05) is 24.1 Å². The van der Waals surface area contributed by atoms with Gasteiger partial charge in [-0.1, -0.05) is 31.9 Å². The summed E-state index contributed by atoms with van der Waals surface area (Å²) in [7, 11) is 0. The van der Waals surface area contributed by atoms with Gasteiger partial charge in [-0.15, -0.1) is 0 Å². The molecular formula is C17H23ClN2O3. The predicted molar refractivity (Wildman–Crippen MR) is 90.6 cm³/mol. The van der Waals surface area contributed by atoms with Crippen molar-refractivity contribution in [2.75, 3.05) is 11.9 Å². The molecule has 0 aliphatic heterocycles. The number of benzene rings is 1. The summed E-state index contributed by atoms with van der Waals surface area (Å²) >= 11 is 6.09. The minimum atomic E-state index is -0.345. The minimum absolute atomic E-state index is 0.0987. The molecule has 0 bridgehead atoms. The number of hydrogen-bond donors (Lipinski definition) is 3. The number of amides is 2. The fourth-order valence-corrected chi connectivity index (χ4v) is 2.84. The van der Waals surface area contributed by atoms with Gasteiger partial charge in [-0.2, -0.15) is 0 Å². The van der Waals surface area contributed by atoms with Gasteiger partial charge in [0.15, 0.2) is 0 Å². The fourth-order valence-electron chi connectivity index (χ4n) is 2.64. The van der Waals surface area contributed by atoms with Crippen molar-refractivity contribution in [1.29, 1.82) is 0 Å². The average molecular weight is 339 g/mol. The first-order valence-electron chi connectivity index (χ1n) is 7.95. The highest BCUT2D eigenvalue weighted by Gasteiger charge is 2.25. The molecule has 1 aliphatic carbocycles. The van der Waals surface area contributed by atoms with Crippen LogP contribution in [0.15, 0.2) is 18.2 Å². The van der Waals surface area contributed by atoms with E-state index < -0.39 is 0 Å². The normalized spacial score (nSPS) is 20.6. The van der Waals surface area contributed by atoms with Gasteiger partial charge in [-0.25, -0.2) is 0 Å². The first-order chi connectivity index (χ1) is 10.9. The molecule has 126 valence electrons. The van der Waals surface area contributed by atoms with Crippen molar-refractivity contribution in [3.8, 4) is 0 Å². The van der Waals surface area contributed by atoms with E-state index in [0.717, 1.165) is 19.3 Å². The highest BCUT2D eigenvalue weighted by Crippen LogP contribution is 2.25.